The number of rotatable bonds is 3. The zero-order valence-corrected chi connectivity index (χ0v) is 13.9. The molecule has 0 saturated carbocycles. The molecule has 23 heavy (non-hydrogen) atoms. The van der Waals surface area contributed by atoms with Gasteiger partial charge in [0.15, 0.2) is 0 Å². The number of benzene rings is 1. The topological polar surface area (TPSA) is 24.9 Å². The van der Waals surface area contributed by atoms with Gasteiger partial charge in [0, 0.05) is 45.4 Å². The number of hydrogen-bond donors (Lipinski definition) is 0. The lowest BCUT2D eigenvalue weighted by atomic mass is 9.84. The molecule has 0 aliphatic carbocycles. The predicted octanol–water partition coefficient (Wildman–Crippen LogP) is 2.00. The van der Waals surface area contributed by atoms with Crippen LogP contribution in [0, 0.1) is 5.92 Å². The zero-order valence-electron chi connectivity index (χ0n) is 13.9. The Morgan fingerprint density at radius 1 is 1.00 bits per heavy atom. The third-order valence-corrected chi connectivity index (χ3v) is 5.58. The molecule has 1 aromatic carbocycles. The van der Waals surface area contributed by atoms with Crippen molar-refractivity contribution in [1.29, 1.82) is 0 Å². The van der Waals surface area contributed by atoms with Crippen LogP contribution in [0.5, 0.6) is 0 Å². The van der Waals surface area contributed by atoms with Gasteiger partial charge in [-0.1, -0.05) is 30.3 Å². The van der Waals surface area contributed by atoms with Gasteiger partial charge in [-0.05, 0) is 24.3 Å². The first-order valence-corrected chi connectivity index (χ1v) is 9.10. The second-order valence-electron chi connectivity index (χ2n) is 7.13. The third kappa shape index (κ3) is 3.61. The molecule has 0 unspecified atom stereocenters. The standard InChI is InChI=1S/C19H28N2O2/c1-2-5-16(6-3-1)13-20-14-17-7-4-10-23-19(17)18(15-20)21-8-11-22-12-9-21/h1-3,5-6,17-19H,4,7-15H2/t17-,18+,19-/m1/s1. The fourth-order valence-electron chi connectivity index (χ4n) is 4.46. The SMILES string of the molecule is c1ccc(CN2C[C@H]3CCCO[C@H]3[C@@H](N3CCOCC3)C2)cc1. The molecule has 3 aliphatic rings. The normalized spacial score (nSPS) is 33.3. The van der Waals surface area contributed by atoms with Gasteiger partial charge in [0.1, 0.15) is 0 Å². The number of likely N-dealkylation sites (tertiary alicyclic amines) is 1. The van der Waals surface area contributed by atoms with Gasteiger partial charge in [0.2, 0.25) is 0 Å². The molecule has 0 amide bonds. The lowest BCUT2D eigenvalue weighted by Crippen LogP contribution is -2.62. The summed E-state index contributed by atoms with van der Waals surface area (Å²) < 4.78 is 11.8. The van der Waals surface area contributed by atoms with Gasteiger partial charge in [-0.15, -0.1) is 0 Å². The van der Waals surface area contributed by atoms with Crippen LogP contribution >= 0.6 is 0 Å². The average molecular weight is 316 g/mol. The molecule has 3 atom stereocenters. The highest BCUT2D eigenvalue weighted by Crippen LogP contribution is 2.32. The number of hydrogen-bond acceptors (Lipinski definition) is 4. The van der Waals surface area contributed by atoms with E-state index in [1.165, 1.54) is 24.9 Å². The van der Waals surface area contributed by atoms with Gasteiger partial charge in [0.25, 0.3) is 0 Å². The Kier molecular flexibility index (Phi) is 4.95. The van der Waals surface area contributed by atoms with Crippen LogP contribution < -0.4 is 0 Å². The summed E-state index contributed by atoms with van der Waals surface area (Å²) in [5, 5.41) is 0. The predicted molar refractivity (Wildman–Crippen MR) is 90.4 cm³/mol. The number of fused-ring (bicyclic) bond motifs is 1. The van der Waals surface area contributed by atoms with Crippen molar-refractivity contribution in [1.82, 2.24) is 9.80 Å². The number of nitrogens with zero attached hydrogens (tertiary/aromatic N) is 2. The van der Waals surface area contributed by atoms with E-state index in [2.05, 4.69) is 40.1 Å². The largest absolute Gasteiger partial charge is 0.379 e. The van der Waals surface area contributed by atoms with Crippen molar-refractivity contribution < 1.29 is 9.47 Å². The van der Waals surface area contributed by atoms with Crippen molar-refractivity contribution in [3.05, 3.63) is 35.9 Å². The Morgan fingerprint density at radius 3 is 2.65 bits per heavy atom. The maximum absolute atomic E-state index is 6.24. The highest BCUT2D eigenvalue weighted by molar-refractivity contribution is 5.15. The zero-order chi connectivity index (χ0) is 15.5. The van der Waals surface area contributed by atoms with Gasteiger partial charge in [0.05, 0.1) is 19.3 Å². The minimum Gasteiger partial charge on any atom is -0.379 e. The molecule has 4 nitrogen and oxygen atoms in total. The molecule has 3 fully saturated rings. The number of morpholine rings is 1. The van der Waals surface area contributed by atoms with Crippen LogP contribution in [0.4, 0.5) is 0 Å². The summed E-state index contributed by atoms with van der Waals surface area (Å²) in [5.41, 5.74) is 1.42. The van der Waals surface area contributed by atoms with Gasteiger partial charge in [-0.2, -0.15) is 0 Å². The second kappa shape index (κ2) is 7.31. The summed E-state index contributed by atoms with van der Waals surface area (Å²) in [4.78, 5) is 5.26. The summed E-state index contributed by atoms with van der Waals surface area (Å²) in [7, 11) is 0. The molecule has 126 valence electrons. The summed E-state index contributed by atoms with van der Waals surface area (Å²) in [5.74, 6) is 0.689. The summed E-state index contributed by atoms with van der Waals surface area (Å²) in [6, 6.07) is 11.4. The van der Waals surface area contributed by atoms with E-state index in [4.69, 9.17) is 9.47 Å². The molecule has 0 aromatic heterocycles. The molecule has 3 saturated heterocycles. The first-order valence-electron chi connectivity index (χ1n) is 9.10. The second-order valence-corrected chi connectivity index (χ2v) is 7.13. The van der Waals surface area contributed by atoms with E-state index in [1.807, 2.05) is 0 Å². The molecule has 3 heterocycles. The molecule has 0 radical (unpaired) electrons. The molecule has 3 aliphatic heterocycles. The maximum Gasteiger partial charge on any atom is 0.0782 e. The highest BCUT2D eigenvalue weighted by atomic mass is 16.5. The Balaban J connectivity index is 1.48. The average Bonchev–Trinajstić information content (AvgIpc) is 2.63. The Hall–Kier alpha value is -0.940. The van der Waals surface area contributed by atoms with Crippen LogP contribution in [0.3, 0.4) is 0 Å². The maximum atomic E-state index is 6.24. The first kappa shape index (κ1) is 15.6. The third-order valence-electron chi connectivity index (χ3n) is 5.58. The minimum atomic E-state index is 0.425. The molecular weight excluding hydrogens is 288 g/mol. The fraction of sp³-hybridized carbons (Fsp3) is 0.684. The van der Waals surface area contributed by atoms with Crippen LogP contribution in [0.2, 0.25) is 0 Å². The van der Waals surface area contributed by atoms with E-state index in [9.17, 15) is 0 Å². The van der Waals surface area contributed by atoms with Crippen molar-refractivity contribution in [3.8, 4) is 0 Å². The molecule has 0 spiro atoms. The van der Waals surface area contributed by atoms with Crippen LogP contribution in [-0.2, 0) is 16.0 Å². The molecule has 0 N–H and O–H groups in total. The van der Waals surface area contributed by atoms with E-state index in [0.717, 1.165) is 46.0 Å². The highest BCUT2D eigenvalue weighted by Gasteiger charge is 2.42. The van der Waals surface area contributed by atoms with Gasteiger partial charge in [-0.25, -0.2) is 0 Å². The monoisotopic (exact) mass is 316 g/mol. The Morgan fingerprint density at radius 2 is 1.83 bits per heavy atom. The number of piperidine rings is 1. The van der Waals surface area contributed by atoms with E-state index >= 15 is 0 Å². The van der Waals surface area contributed by atoms with Crippen LogP contribution in [-0.4, -0.2) is 67.9 Å². The van der Waals surface area contributed by atoms with Gasteiger partial charge >= 0.3 is 0 Å². The minimum absolute atomic E-state index is 0.425. The molecule has 4 heteroatoms. The van der Waals surface area contributed by atoms with Crippen LogP contribution in [0.15, 0.2) is 30.3 Å². The van der Waals surface area contributed by atoms with Crippen molar-refractivity contribution in [2.45, 2.75) is 31.5 Å². The van der Waals surface area contributed by atoms with Crippen molar-refractivity contribution in [3.63, 3.8) is 0 Å². The quantitative estimate of drug-likeness (QED) is 0.851. The Bertz CT molecular complexity index is 489. The first-order chi connectivity index (χ1) is 11.4. The summed E-state index contributed by atoms with van der Waals surface area (Å²) in [6.45, 7) is 8.15. The van der Waals surface area contributed by atoms with Crippen LogP contribution in [0.25, 0.3) is 0 Å². The van der Waals surface area contributed by atoms with Crippen LogP contribution in [0.1, 0.15) is 18.4 Å². The number of ether oxygens (including phenoxy) is 2. The van der Waals surface area contributed by atoms with Crippen molar-refractivity contribution in [2.75, 3.05) is 46.0 Å². The smallest absolute Gasteiger partial charge is 0.0782 e. The Labute approximate surface area is 139 Å². The van der Waals surface area contributed by atoms with Gasteiger partial charge < -0.3 is 9.47 Å². The lowest BCUT2D eigenvalue weighted by Gasteiger charge is -2.50. The summed E-state index contributed by atoms with van der Waals surface area (Å²) in [6.07, 6.45) is 2.96. The molecule has 4 rings (SSSR count). The van der Waals surface area contributed by atoms with Crippen molar-refractivity contribution in [2.24, 2.45) is 5.92 Å². The van der Waals surface area contributed by atoms with E-state index in [-0.39, 0.29) is 0 Å². The molecule has 0 bridgehead atoms. The van der Waals surface area contributed by atoms with E-state index < -0.39 is 0 Å². The molecular formula is C19H28N2O2. The lowest BCUT2D eigenvalue weighted by molar-refractivity contribution is -0.128. The molecule has 1 aromatic rings. The van der Waals surface area contributed by atoms with E-state index in [0.29, 0.717) is 18.1 Å². The van der Waals surface area contributed by atoms with E-state index in [1.54, 1.807) is 0 Å². The fourth-order valence-corrected chi connectivity index (χ4v) is 4.46. The van der Waals surface area contributed by atoms with Gasteiger partial charge in [-0.3, -0.25) is 9.80 Å². The van der Waals surface area contributed by atoms with Crippen molar-refractivity contribution >= 4 is 0 Å². The summed E-state index contributed by atoms with van der Waals surface area (Å²) >= 11 is 0.